The summed E-state index contributed by atoms with van der Waals surface area (Å²) in [7, 11) is 0. The molecule has 0 aliphatic rings. The van der Waals surface area contributed by atoms with E-state index in [2.05, 4.69) is 26.2 Å². The second-order valence-corrected chi connectivity index (χ2v) is 7.49. The molecule has 1 unspecified atom stereocenters. The van der Waals surface area contributed by atoms with Crippen molar-refractivity contribution in [1.29, 1.82) is 0 Å². The predicted octanol–water partition coefficient (Wildman–Crippen LogP) is 4.64. The van der Waals surface area contributed by atoms with E-state index in [-0.39, 0.29) is 11.5 Å². The monoisotopic (exact) mass is 308 g/mol. The molecule has 0 fully saturated rings. The molecule has 0 bridgehead atoms. The van der Waals surface area contributed by atoms with E-state index in [9.17, 15) is 0 Å². The molecule has 2 aromatic rings. The molecule has 1 aromatic carbocycles. The van der Waals surface area contributed by atoms with Crippen LogP contribution >= 0.6 is 22.9 Å². The van der Waals surface area contributed by atoms with Gasteiger partial charge in [-0.25, -0.2) is 4.98 Å². The third-order valence-corrected chi connectivity index (χ3v) is 4.72. The maximum Gasteiger partial charge on any atom is 0.0947 e. The molecule has 2 N–H and O–H groups in total. The van der Waals surface area contributed by atoms with Crippen molar-refractivity contribution in [3.05, 3.63) is 50.4 Å². The lowest BCUT2D eigenvalue weighted by molar-refractivity contribution is 0.569. The summed E-state index contributed by atoms with van der Waals surface area (Å²) in [5.41, 5.74) is 9.57. The first kappa shape index (κ1) is 15.5. The lowest BCUT2D eigenvalue weighted by atomic mass is 9.93. The van der Waals surface area contributed by atoms with E-state index in [1.807, 2.05) is 25.1 Å². The van der Waals surface area contributed by atoms with E-state index in [4.69, 9.17) is 22.3 Å². The molecule has 1 aromatic heterocycles. The van der Waals surface area contributed by atoms with Gasteiger partial charge in [0.05, 0.1) is 10.7 Å². The van der Waals surface area contributed by atoms with Gasteiger partial charge in [-0.05, 0) is 18.1 Å². The zero-order valence-corrected chi connectivity index (χ0v) is 14.0. The average molecular weight is 309 g/mol. The van der Waals surface area contributed by atoms with Crippen molar-refractivity contribution in [2.24, 2.45) is 5.73 Å². The number of nitrogens with zero attached hydrogens (tertiary/aromatic N) is 1. The average Bonchev–Trinajstić information content (AvgIpc) is 2.81. The van der Waals surface area contributed by atoms with Crippen molar-refractivity contribution in [3.8, 4) is 0 Å². The largest absolute Gasteiger partial charge is 0.324 e. The summed E-state index contributed by atoms with van der Waals surface area (Å²) in [6, 6.07) is 5.89. The molecule has 108 valence electrons. The van der Waals surface area contributed by atoms with E-state index in [1.165, 1.54) is 0 Å². The summed E-state index contributed by atoms with van der Waals surface area (Å²) in [5, 5.41) is 3.97. The fourth-order valence-corrected chi connectivity index (χ4v) is 3.35. The topological polar surface area (TPSA) is 38.9 Å². The van der Waals surface area contributed by atoms with Crippen LogP contribution in [0.3, 0.4) is 0 Å². The van der Waals surface area contributed by atoms with Gasteiger partial charge in [-0.1, -0.05) is 50.6 Å². The van der Waals surface area contributed by atoms with Crippen LogP contribution in [0.2, 0.25) is 5.02 Å². The van der Waals surface area contributed by atoms with E-state index >= 15 is 0 Å². The Morgan fingerprint density at radius 2 is 2.05 bits per heavy atom. The molecule has 2 nitrogen and oxygen atoms in total. The Labute approximate surface area is 130 Å². The second-order valence-electron chi connectivity index (χ2n) is 6.17. The number of hydrogen-bond acceptors (Lipinski definition) is 3. The van der Waals surface area contributed by atoms with Crippen molar-refractivity contribution < 1.29 is 0 Å². The predicted molar refractivity (Wildman–Crippen MR) is 87.6 cm³/mol. The fraction of sp³-hybridized carbons (Fsp3) is 0.438. The smallest absolute Gasteiger partial charge is 0.0947 e. The molecule has 0 spiro atoms. The highest BCUT2D eigenvalue weighted by Crippen LogP contribution is 2.29. The molecule has 2 rings (SSSR count). The highest BCUT2D eigenvalue weighted by Gasteiger charge is 2.19. The zero-order valence-electron chi connectivity index (χ0n) is 12.4. The normalized spacial score (nSPS) is 13.5. The molecule has 20 heavy (non-hydrogen) atoms. The van der Waals surface area contributed by atoms with Crippen LogP contribution in [0.4, 0.5) is 0 Å². The fourth-order valence-electron chi connectivity index (χ4n) is 2.00. The minimum Gasteiger partial charge on any atom is -0.324 e. The Balaban J connectivity index is 2.18. The van der Waals surface area contributed by atoms with Crippen molar-refractivity contribution in [2.75, 3.05) is 0 Å². The Morgan fingerprint density at radius 3 is 2.65 bits per heavy atom. The second kappa shape index (κ2) is 5.84. The van der Waals surface area contributed by atoms with Gasteiger partial charge in [-0.3, -0.25) is 0 Å². The van der Waals surface area contributed by atoms with Gasteiger partial charge in [-0.2, -0.15) is 0 Å². The Bertz CT molecular complexity index is 599. The first-order valence-electron chi connectivity index (χ1n) is 6.74. The van der Waals surface area contributed by atoms with Crippen LogP contribution in [0.1, 0.15) is 48.6 Å². The summed E-state index contributed by atoms with van der Waals surface area (Å²) < 4.78 is 0. The number of hydrogen-bond donors (Lipinski definition) is 1. The number of rotatable bonds is 3. The van der Waals surface area contributed by atoms with Gasteiger partial charge in [-0.15, -0.1) is 11.3 Å². The summed E-state index contributed by atoms with van der Waals surface area (Å²) in [6.07, 6.45) is 0.726. The number of nitrogens with two attached hydrogens (primary N) is 1. The van der Waals surface area contributed by atoms with Crippen molar-refractivity contribution in [2.45, 2.75) is 45.6 Å². The van der Waals surface area contributed by atoms with Crippen LogP contribution in [0.15, 0.2) is 23.6 Å². The van der Waals surface area contributed by atoms with Crippen molar-refractivity contribution >= 4 is 22.9 Å². The number of halogens is 1. The van der Waals surface area contributed by atoms with E-state index in [0.717, 1.165) is 33.3 Å². The highest BCUT2D eigenvalue weighted by molar-refractivity contribution is 7.09. The molecule has 0 amide bonds. The standard InChI is InChI=1S/C16H21ClN2S/c1-10-6-5-7-11(15(10)17)12(18)8-14-19-13(9-20-14)16(2,3)4/h5-7,9,12H,8,18H2,1-4H3. The Kier molecular flexibility index (Phi) is 4.52. The van der Waals surface area contributed by atoms with Gasteiger partial charge >= 0.3 is 0 Å². The minimum absolute atomic E-state index is 0.0832. The van der Waals surface area contributed by atoms with Crippen LogP contribution in [0.25, 0.3) is 0 Å². The van der Waals surface area contributed by atoms with Crippen LogP contribution in [-0.4, -0.2) is 4.98 Å². The van der Waals surface area contributed by atoms with Gasteiger partial charge in [0.1, 0.15) is 0 Å². The van der Waals surface area contributed by atoms with E-state index in [1.54, 1.807) is 11.3 Å². The molecule has 1 heterocycles. The number of aromatic nitrogens is 1. The van der Waals surface area contributed by atoms with Gasteiger partial charge < -0.3 is 5.73 Å². The third kappa shape index (κ3) is 3.40. The highest BCUT2D eigenvalue weighted by atomic mass is 35.5. The molecule has 0 aliphatic carbocycles. The zero-order chi connectivity index (χ0) is 14.9. The number of aryl methyl sites for hydroxylation is 1. The van der Waals surface area contributed by atoms with Gasteiger partial charge in [0.2, 0.25) is 0 Å². The Morgan fingerprint density at radius 1 is 1.35 bits per heavy atom. The third-order valence-electron chi connectivity index (χ3n) is 3.34. The Hall–Kier alpha value is -0.900. The molecule has 0 saturated carbocycles. The van der Waals surface area contributed by atoms with Crippen molar-refractivity contribution in [1.82, 2.24) is 4.98 Å². The lowest BCUT2D eigenvalue weighted by Crippen LogP contribution is -2.15. The van der Waals surface area contributed by atoms with Crippen LogP contribution in [0, 0.1) is 6.92 Å². The first-order valence-corrected chi connectivity index (χ1v) is 8.00. The van der Waals surface area contributed by atoms with Crippen LogP contribution in [-0.2, 0) is 11.8 Å². The summed E-state index contributed by atoms with van der Waals surface area (Å²) in [5.74, 6) is 0. The molecule has 0 saturated heterocycles. The van der Waals surface area contributed by atoms with E-state index in [0.29, 0.717) is 0 Å². The van der Waals surface area contributed by atoms with Gasteiger partial charge in [0.25, 0.3) is 0 Å². The van der Waals surface area contributed by atoms with Crippen LogP contribution in [0.5, 0.6) is 0 Å². The maximum atomic E-state index is 6.34. The van der Waals surface area contributed by atoms with Gasteiger partial charge in [0, 0.05) is 28.3 Å². The maximum absolute atomic E-state index is 6.34. The SMILES string of the molecule is Cc1cccc(C(N)Cc2nc(C(C)(C)C)cs2)c1Cl. The molecular weight excluding hydrogens is 288 g/mol. The molecule has 1 atom stereocenters. The first-order chi connectivity index (χ1) is 9.29. The molecule has 4 heteroatoms. The number of benzene rings is 1. The van der Waals surface area contributed by atoms with Crippen molar-refractivity contribution in [3.63, 3.8) is 0 Å². The summed E-state index contributed by atoms with van der Waals surface area (Å²) >= 11 is 8.01. The summed E-state index contributed by atoms with van der Waals surface area (Å²) in [6.45, 7) is 8.51. The lowest BCUT2D eigenvalue weighted by Gasteiger charge is -2.15. The molecular formula is C16H21ClN2S. The minimum atomic E-state index is -0.110. The van der Waals surface area contributed by atoms with Gasteiger partial charge in [0.15, 0.2) is 0 Å². The van der Waals surface area contributed by atoms with Crippen LogP contribution < -0.4 is 5.73 Å². The molecule has 0 radical (unpaired) electrons. The quantitative estimate of drug-likeness (QED) is 0.896. The number of thiazole rings is 1. The summed E-state index contributed by atoms with van der Waals surface area (Å²) in [4.78, 5) is 4.69. The van der Waals surface area contributed by atoms with E-state index < -0.39 is 0 Å². The molecule has 0 aliphatic heterocycles.